The topological polar surface area (TPSA) is 41.7 Å². The van der Waals surface area contributed by atoms with Crippen molar-refractivity contribution < 1.29 is 9.90 Å². The molecule has 1 N–H and O–H groups in total. The molecule has 0 amide bonds. The fourth-order valence-corrected chi connectivity index (χ4v) is 1.68. The molecule has 0 unspecified atom stereocenters. The molecule has 2 rings (SSSR count). The van der Waals surface area contributed by atoms with E-state index < -0.39 is 5.97 Å². The highest BCUT2D eigenvalue weighted by atomic mass is 127. The molecule has 4 heteroatoms. The van der Waals surface area contributed by atoms with Crippen LogP contribution in [0.2, 0.25) is 0 Å². The highest BCUT2D eigenvalue weighted by Gasteiger charge is 2.05. The Morgan fingerprint density at radius 1 is 1.38 bits per heavy atom. The third-order valence-corrected chi connectivity index (χ3v) is 2.44. The van der Waals surface area contributed by atoms with Crippen LogP contribution in [0.1, 0.15) is 10.4 Å². The second kappa shape index (κ2) is 3.02. The molecule has 2 aromatic heterocycles. The van der Waals surface area contributed by atoms with E-state index in [1.807, 2.05) is 22.7 Å². The zero-order valence-electron chi connectivity index (χ0n) is 6.57. The standard InChI is InChI=1S/C9H6INO2/c10-7-1-2-8-3-6(9(12)13)4-11(8)5-7/h1-5H,(H,12,13). The Kier molecular flexibility index (Phi) is 1.99. The molecule has 0 aliphatic heterocycles. The van der Waals surface area contributed by atoms with Gasteiger partial charge in [0, 0.05) is 21.5 Å². The molecular weight excluding hydrogens is 281 g/mol. The number of carboxylic acids is 1. The van der Waals surface area contributed by atoms with E-state index in [-0.39, 0.29) is 0 Å². The van der Waals surface area contributed by atoms with Gasteiger partial charge in [0.2, 0.25) is 0 Å². The van der Waals surface area contributed by atoms with Crippen LogP contribution < -0.4 is 0 Å². The molecule has 0 saturated carbocycles. The second-order valence-corrected chi connectivity index (χ2v) is 3.96. The molecular formula is C9H6INO2. The fraction of sp³-hybridized carbons (Fsp3) is 0. The van der Waals surface area contributed by atoms with Gasteiger partial charge in [0.05, 0.1) is 5.56 Å². The summed E-state index contributed by atoms with van der Waals surface area (Å²) in [5.74, 6) is -0.890. The monoisotopic (exact) mass is 287 g/mol. The molecule has 0 fully saturated rings. The largest absolute Gasteiger partial charge is 0.478 e. The zero-order chi connectivity index (χ0) is 9.42. The van der Waals surface area contributed by atoms with Gasteiger partial charge in [-0.2, -0.15) is 0 Å². The number of aromatic carboxylic acids is 1. The Balaban J connectivity index is 2.68. The summed E-state index contributed by atoms with van der Waals surface area (Å²) < 4.78 is 2.89. The number of halogens is 1. The first kappa shape index (κ1) is 8.55. The van der Waals surface area contributed by atoms with Crippen molar-refractivity contribution in [2.75, 3.05) is 0 Å². The third kappa shape index (κ3) is 1.53. The zero-order valence-corrected chi connectivity index (χ0v) is 8.72. The summed E-state index contributed by atoms with van der Waals surface area (Å²) in [6.45, 7) is 0. The van der Waals surface area contributed by atoms with Gasteiger partial charge >= 0.3 is 5.97 Å². The lowest BCUT2D eigenvalue weighted by molar-refractivity contribution is 0.0697. The van der Waals surface area contributed by atoms with E-state index in [1.54, 1.807) is 12.3 Å². The van der Waals surface area contributed by atoms with Gasteiger partial charge in [0.1, 0.15) is 0 Å². The van der Waals surface area contributed by atoms with E-state index in [1.165, 1.54) is 0 Å². The highest BCUT2D eigenvalue weighted by molar-refractivity contribution is 14.1. The molecule has 2 aromatic rings. The van der Waals surface area contributed by atoms with Crippen LogP contribution in [-0.2, 0) is 0 Å². The number of hydrogen-bond donors (Lipinski definition) is 1. The van der Waals surface area contributed by atoms with Crippen molar-refractivity contribution in [3.05, 3.63) is 39.7 Å². The van der Waals surface area contributed by atoms with E-state index in [0.717, 1.165) is 9.09 Å². The van der Waals surface area contributed by atoms with E-state index in [9.17, 15) is 4.79 Å². The van der Waals surface area contributed by atoms with Gasteiger partial charge in [-0.05, 0) is 40.8 Å². The molecule has 0 aliphatic rings. The number of hydrogen-bond acceptors (Lipinski definition) is 1. The first-order valence-electron chi connectivity index (χ1n) is 3.67. The minimum atomic E-state index is -0.890. The normalized spacial score (nSPS) is 10.5. The van der Waals surface area contributed by atoms with Crippen LogP contribution in [0.25, 0.3) is 5.52 Å². The number of fused-ring (bicyclic) bond motifs is 1. The van der Waals surface area contributed by atoms with Crippen molar-refractivity contribution >= 4 is 34.1 Å². The summed E-state index contributed by atoms with van der Waals surface area (Å²) in [4.78, 5) is 10.6. The number of pyridine rings is 1. The summed E-state index contributed by atoms with van der Waals surface area (Å²) in [6, 6.07) is 5.49. The number of rotatable bonds is 1. The maximum Gasteiger partial charge on any atom is 0.337 e. The second-order valence-electron chi connectivity index (χ2n) is 2.71. The lowest BCUT2D eigenvalue weighted by atomic mass is 10.3. The summed E-state index contributed by atoms with van der Waals surface area (Å²) in [7, 11) is 0. The highest BCUT2D eigenvalue weighted by Crippen LogP contribution is 2.12. The molecule has 0 saturated heterocycles. The van der Waals surface area contributed by atoms with Gasteiger partial charge in [-0.15, -0.1) is 0 Å². The first-order valence-corrected chi connectivity index (χ1v) is 4.75. The third-order valence-electron chi connectivity index (χ3n) is 1.80. The molecule has 0 atom stereocenters. The smallest absolute Gasteiger partial charge is 0.337 e. The van der Waals surface area contributed by atoms with Crippen LogP contribution in [0.15, 0.2) is 30.6 Å². The average molecular weight is 287 g/mol. The Bertz CT molecular complexity index is 475. The number of aromatic nitrogens is 1. The van der Waals surface area contributed by atoms with Crippen molar-refractivity contribution in [1.29, 1.82) is 0 Å². The van der Waals surface area contributed by atoms with E-state index in [2.05, 4.69) is 22.6 Å². The van der Waals surface area contributed by atoms with Gasteiger partial charge in [-0.3, -0.25) is 0 Å². The Morgan fingerprint density at radius 3 is 2.85 bits per heavy atom. The molecule has 2 heterocycles. The summed E-state index contributed by atoms with van der Waals surface area (Å²) >= 11 is 2.19. The van der Waals surface area contributed by atoms with Crippen molar-refractivity contribution in [3.63, 3.8) is 0 Å². The molecule has 13 heavy (non-hydrogen) atoms. The fourth-order valence-electron chi connectivity index (χ4n) is 1.20. The van der Waals surface area contributed by atoms with E-state index in [4.69, 9.17) is 5.11 Å². The molecule has 66 valence electrons. The first-order chi connectivity index (χ1) is 6.16. The summed E-state index contributed by atoms with van der Waals surface area (Å²) in [6.07, 6.45) is 3.50. The summed E-state index contributed by atoms with van der Waals surface area (Å²) in [5, 5.41) is 8.74. The van der Waals surface area contributed by atoms with Gasteiger partial charge in [0.25, 0.3) is 0 Å². The SMILES string of the molecule is O=C(O)c1cc2ccc(I)cn2c1. The van der Waals surface area contributed by atoms with Gasteiger partial charge in [-0.1, -0.05) is 0 Å². The van der Waals surface area contributed by atoms with Crippen LogP contribution in [0.4, 0.5) is 0 Å². The number of nitrogens with zero attached hydrogens (tertiary/aromatic N) is 1. The van der Waals surface area contributed by atoms with Gasteiger partial charge in [-0.25, -0.2) is 4.79 Å². The molecule has 0 bridgehead atoms. The molecule has 0 radical (unpaired) electrons. The van der Waals surface area contributed by atoms with Crippen molar-refractivity contribution in [3.8, 4) is 0 Å². The minimum absolute atomic E-state index is 0.321. The minimum Gasteiger partial charge on any atom is -0.478 e. The number of carbonyl (C=O) groups is 1. The molecule has 0 aliphatic carbocycles. The van der Waals surface area contributed by atoms with E-state index in [0.29, 0.717) is 5.56 Å². The number of carboxylic acid groups (broad SMARTS) is 1. The van der Waals surface area contributed by atoms with Crippen molar-refractivity contribution in [2.45, 2.75) is 0 Å². The average Bonchev–Trinajstić information content (AvgIpc) is 2.46. The van der Waals surface area contributed by atoms with Crippen LogP contribution in [0, 0.1) is 3.57 Å². The Morgan fingerprint density at radius 2 is 2.15 bits per heavy atom. The Hall–Kier alpha value is -1.04. The molecule has 3 nitrogen and oxygen atoms in total. The predicted octanol–water partition coefficient (Wildman–Crippen LogP) is 2.24. The lowest BCUT2D eigenvalue weighted by Gasteiger charge is -1.93. The van der Waals surface area contributed by atoms with Crippen LogP contribution in [0.3, 0.4) is 0 Å². The maximum absolute atomic E-state index is 10.6. The van der Waals surface area contributed by atoms with Crippen LogP contribution in [-0.4, -0.2) is 15.5 Å². The predicted molar refractivity (Wildman–Crippen MR) is 57.1 cm³/mol. The lowest BCUT2D eigenvalue weighted by Crippen LogP contribution is -1.92. The van der Waals surface area contributed by atoms with Crippen LogP contribution in [0.5, 0.6) is 0 Å². The molecule has 0 spiro atoms. The quantitative estimate of drug-likeness (QED) is 0.817. The van der Waals surface area contributed by atoms with Crippen molar-refractivity contribution in [2.24, 2.45) is 0 Å². The van der Waals surface area contributed by atoms with Crippen molar-refractivity contribution in [1.82, 2.24) is 4.40 Å². The summed E-state index contributed by atoms with van der Waals surface area (Å²) in [5.41, 5.74) is 1.22. The molecule has 0 aromatic carbocycles. The van der Waals surface area contributed by atoms with Gasteiger partial charge < -0.3 is 9.51 Å². The van der Waals surface area contributed by atoms with Crippen LogP contribution >= 0.6 is 22.6 Å². The van der Waals surface area contributed by atoms with E-state index >= 15 is 0 Å². The Labute approximate surface area is 88.1 Å². The van der Waals surface area contributed by atoms with Gasteiger partial charge in [0.15, 0.2) is 0 Å². The maximum atomic E-state index is 10.6.